The predicted molar refractivity (Wildman–Crippen MR) is 104 cm³/mol. The van der Waals surface area contributed by atoms with E-state index in [0.29, 0.717) is 11.2 Å². The van der Waals surface area contributed by atoms with Gasteiger partial charge >= 0.3 is 0 Å². The summed E-state index contributed by atoms with van der Waals surface area (Å²) in [5.41, 5.74) is 0.412. The lowest BCUT2D eigenvalue weighted by atomic mass is 9.49. The number of carbonyl (C=O) groups excluding carboxylic acids is 1. The van der Waals surface area contributed by atoms with Gasteiger partial charge in [-0.2, -0.15) is 0 Å². The molecule has 26 heavy (non-hydrogen) atoms. The van der Waals surface area contributed by atoms with E-state index in [1.807, 2.05) is 0 Å². The molecule has 0 saturated heterocycles. The van der Waals surface area contributed by atoms with Crippen LogP contribution in [0, 0.1) is 23.2 Å². The number of aryl methyl sites for hydroxylation is 1. The van der Waals surface area contributed by atoms with Gasteiger partial charge in [0.1, 0.15) is 6.33 Å². The largest absolute Gasteiger partial charge is 0.355 e. The highest BCUT2D eigenvalue weighted by atomic mass is 32.2. The number of amides is 1. The minimum Gasteiger partial charge on any atom is -0.355 e. The Morgan fingerprint density at radius 3 is 2.58 bits per heavy atom. The van der Waals surface area contributed by atoms with Crippen molar-refractivity contribution >= 4 is 17.7 Å². The van der Waals surface area contributed by atoms with Crippen molar-refractivity contribution in [1.29, 1.82) is 0 Å². The summed E-state index contributed by atoms with van der Waals surface area (Å²) in [6.07, 6.45) is 13.7. The van der Waals surface area contributed by atoms with Crippen molar-refractivity contribution < 1.29 is 4.79 Å². The van der Waals surface area contributed by atoms with Crippen molar-refractivity contribution in [3.63, 3.8) is 0 Å². The summed E-state index contributed by atoms with van der Waals surface area (Å²) in [4.78, 5) is 12.4. The van der Waals surface area contributed by atoms with E-state index in [9.17, 15) is 4.79 Å². The maximum Gasteiger partial charge on any atom is 0.230 e. The van der Waals surface area contributed by atoms with Gasteiger partial charge in [0.25, 0.3) is 0 Å². The van der Waals surface area contributed by atoms with Gasteiger partial charge in [0.05, 0.1) is 5.75 Å². The minimum atomic E-state index is 0.147. The van der Waals surface area contributed by atoms with E-state index in [2.05, 4.69) is 27.0 Å². The third-order valence-electron chi connectivity index (χ3n) is 6.74. The molecule has 6 heteroatoms. The molecule has 4 saturated carbocycles. The molecule has 4 bridgehead atoms. The van der Waals surface area contributed by atoms with Gasteiger partial charge in [0, 0.05) is 13.1 Å². The number of carbonyl (C=O) groups is 1. The zero-order chi connectivity index (χ0) is 18.0. The van der Waals surface area contributed by atoms with Crippen LogP contribution in [-0.4, -0.2) is 33.0 Å². The fourth-order valence-corrected chi connectivity index (χ4v) is 6.79. The summed E-state index contributed by atoms with van der Waals surface area (Å²) in [6, 6.07) is 0. The highest BCUT2D eigenvalue weighted by molar-refractivity contribution is 7.99. The van der Waals surface area contributed by atoms with Crippen LogP contribution in [-0.2, 0) is 11.3 Å². The summed E-state index contributed by atoms with van der Waals surface area (Å²) >= 11 is 1.51. The van der Waals surface area contributed by atoms with Crippen LogP contribution in [0.25, 0.3) is 0 Å². The van der Waals surface area contributed by atoms with Crippen molar-refractivity contribution in [2.24, 2.45) is 23.2 Å². The monoisotopic (exact) mass is 376 g/mol. The molecule has 0 atom stereocenters. The van der Waals surface area contributed by atoms with Crippen LogP contribution >= 0.6 is 11.8 Å². The van der Waals surface area contributed by atoms with Crippen LogP contribution < -0.4 is 5.32 Å². The van der Waals surface area contributed by atoms with Crippen LogP contribution in [0.4, 0.5) is 0 Å². The minimum absolute atomic E-state index is 0.147. The molecule has 0 aliphatic heterocycles. The molecule has 0 unspecified atom stereocenters. The van der Waals surface area contributed by atoms with Crippen molar-refractivity contribution in [3.8, 4) is 0 Å². The number of rotatable bonds is 9. The van der Waals surface area contributed by atoms with Gasteiger partial charge in [-0.1, -0.05) is 31.5 Å². The number of thioether (sulfide) groups is 1. The Kier molecular flexibility index (Phi) is 5.58. The Morgan fingerprint density at radius 1 is 1.23 bits per heavy atom. The highest BCUT2D eigenvalue weighted by Gasteiger charge is 2.50. The fraction of sp³-hybridized carbons (Fsp3) is 0.850. The molecule has 1 amide bonds. The smallest absolute Gasteiger partial charge is 0.230 e. The van der Waals surface area contributed by atoms with Crippen molar-refractivity contribution in [2.45, 2.75) is 76.4 Å². The molecule has 1 aromatic heterocycles. The Labute approximate surface area is 161 Å². The maximum atomic E-state index is 12.4. The summed E-state index contributed by atoms with van der Waals surface area (Å²) in [5.74, 6) is 3.41. The molecule has 5 nitrogen and oxygen atoms in total. The zero-order valence-electron chi connectivity index (χ0n) is 16.0. The molecule has 144 valence electrons. The Balaban J connectivity index is 1.23. The third kappa shape index (κ3) is 4.10. The average Bonchev–Trinajstić information content (AvgIpc) is 3.05. The Bertz CT molecular complexity index is 594. The van der Waals surface area contributed by atoms with Gasteiger partial charge in [-0.15, -0.1) is 10.2 Å². The first-order chi connectivity index (χ1) is 12.7. The van der Waals surface area contributed by atoms with Gasteiger partial charge in [0.15, 0.2) is 5.16 Å². The van der Waals surface area contributed by atoms with E-state index < -0.39 is 0 Å². The number of hydrogen-bond donors (Lipinski definition) is 1. The SMILES string of the molecule is CCCCCn1cnnc1SCC(=O)NCC12CC3CC(CC(C3)C1)C2. The molecule has 0 aromatic carbocycles. The van der Waals surface area contributed by atoms with Gasteiger partial charge in [-0.3, -0.25) is 4.79 Å². The van der Waals surface area contributed by atoms with Crippen LogP contribution in [0.15, 0.2) is 11.5 Å². The first-order valence-electron chi connectivity index (χ1n) is 10.4. The summed E-state index contributed by atoms with van der Waals surface area (Å²) in [7, 11) is 0. The van der Waals surface area contributed by atoms with Crippen LogP contribution in [0.2, 0.25) is 0 Å². The summed E-state index contributed by atoms with van der Waals surface area (Å²) in [5, 5.41) is 12.3. The molecular formula is C20H32N4OS. The van der Waals surface area contributed by atoms with E-state index in [-0.39, 0.29) is 5.91 Å². The quantitative estimate of drug-likeness (QED) is 0.525. The predicted octanol–water partition coefficient (Wildman–Crippen LogP) is 3.89. The zero-order valence-corrected chi connectivity index (χ0v) is 16.8. The summed E-state index contributed by atoms with van der Waals surface area (Å²) in [6.45, 7) is 4.03. The number of nitrogens with zero attached hydrogens (tertiary/aromatic N) is 3. The van der Waals surface area contributed by atoms with E-state index in [4.69, 9.17) is 0 Å². The van der Waals surface area contributed by atoms with Gasteiger partial charge in [0.2, 0.25) is 5.91 Å². The van der Waals surface area contributed by atoms with E-state index in [0.717, 1.165) is 42.4 Å². The maximum absolute atomic E-state index is 12.4. The normalized spacial score (nSPS) is 32.1. The second-order valence-electron chi connectivity index (χ2n) is 9.00. The van der Waals surface area contributed by atoms with Crippen LogP contribution in [0.1, 0.15) is 64.7 Å². The molecule has 1 heterocycles. The molecular weight excluding hydrogens is 344 g/mol. The fourth-order valence-electron chi connectivity index (χ4n) is 6.02. The standard InChI is InChI=1S/C20H32N4OS/c1-2-3-4-5-24-14-22-23-19(24)26-12-18(25)21-13-20-9-15-6-16(10-20)8-17(7-15)11-20/h14-17H,2-13H2,1H3,(H,21,25). The molecule has 1 aromatic rings. The summed E-state index contributed by atoms with van der Waals surface area (Å²) < 4.78 is 2.08. The Hall–Kier alpha value is -1.04. The molecule has 0 spiro atoms. The van der Waals surface area contributed by atoms with Crippen molar-refractivity contribution in [1.82, 2.24) is 20.1 Å². The van der Waals surface area contributed by atoms with E-state index in [1.165, 1.54) is 63.1 Å². The van der Waals surface area contributed by atoms with Crippen molar-refractivity contribution in [3.05, 3.63) is 6.33 Å². The van der Waals surface area contributed by atoms with Gasteiger partial charge in [-0.25, -0.2) is 0 Å². The molecule has 4 fully saturated rings. The van der Waals surface area contributed by atoms with Crippen LogP contribution in [0.5, 0.6) is 0 Å². The van der Waals surface area contributed by atoms with Crippen LogP contribution in [0.3, 0.4) is 0 Å². The van der Waals surface area contributed by atoms with Gasteiger partial charge < -0.3 is 9.88 Å². The molecule has 1 N–H and O–H groups in total. The first kappa shape index (κ1) is 18.3. The first-order valence-corrected chi connectivity index (χ1v) is 11.4. The second-order valence-corrected chi connectivity index (χ2v) is 9.94. The lowest BCUT2D eigenvalue weighted by Crippen LogP contribution is -2.51. The molecule has 5 rings (SSSR count). The Morgan fingerprint density at radius 2 is 1.92 bits per heavy atom. The second kappa shape index (κ2) is 7.91. The number of aromatic nitrogens is 3. The average molecular weight is 377 g/mol. The van der Waals surface area contributed by atoms with E-state index in [1.54, 1.807) is 6.33 Å². The third-order valence-corrected chi connectivity index (χ3v) is 7.72. The number of nitrogens with one attached hydrogen (secondary N) is 1. The lowest BCUT2D eigenvalue weighted by molar-refractivity contribution is -0.120. The molecule has 0 radical (unpaired) electrons. The topological polar surface area (TPSA) is 59.8 Å². The molecule has 4 aliphatic rings. The highest BCUT2D eigenvalue weighted by Crippen LogP contribution is 2.59. The number of unbranched alkanes of at least 4 members (excludes halogenated alkanes) is 2. The van der Waals surface area contributed by atoms with Crippen molar-refractivity contribution in [2.75, 3.05) is 12.3 Å². The lowest BCUT2D eigenvalue weighted by Gasteiger charge is -2.56. The van der Waals surface area contributed by atoms with Gasteiger partial charge in [-0.05, 0) is 68.1 Å². The van der Waals surface area contributed by atoms with E-state index >= 15 is 0 Å². The molecule has 4 aliphatic carbocycles. The number of hydrogen-bond acceptors (Lipinski definition) is 4.